The molecule has 2 aromatic carbocycles. The minimum absolute atomic E-state index is 0.112. The molecule has 0 fully saturated rings. The molecule has 0 spiro atoms. The van der Waals surface area contributed by atoms with E-state index in [0.29, 0.717) is 11.5 Å². The zero-order chi connectivity index (χ0) is 20.6. The van der Waals surface area contributed by atoms with E-state index in [0.717, 1.165) is 24.0 Å². The highest BCUT2D eigenvalue weighted by molar-refractivity contribution is 5.90. The molecule has 1 amide bonds. The SMILES string of the molecule is CCCC(NC(=O)C(C)OC(=O)/C=C/c1ccc2c(c1)OCO2)c1ccccc1. The van der Waals surface area contributed by atoms with Gasteiger partial charge < -0.3 is 19.5 Å². The second kappa shape index (κ2) is 9.78. The zero-order valence-corrected chi connectivity index (χ0v) is 16.6. The van der Waals surface area contributed by atoms with E-state index in [1.54, 1.807) is 25.1 Å². The van der Waals surface area contributed by atoms with Crippen LogP contribution in [0.3, 0.4) is 0 Å². The number of carbonyl (C=O) groups excluding carboxylic acids is 2. The maximum atomic E-state index is 12.5. The third-order valence-electron chi connectivity index (χ3n) is 4.57. The van der Waals surface area contributed by atoms with Gasteiger partial charge >= 0.3 is 5.97 Å². The van der Waals surface area contributed by atoms with E-state index in [4.69, 9.17) is 14.2 Å². The Balaban J connectivity index is 1.54. The summed E-state index contributed by atoms with van der Waals surface area (Å²) >= 11 is 0. The lowest BCUT2D eigenvalue weighted by atomic mass is 10.0. The molecule has 0 saturated carbocycles. The maximum Gasteiger partial charge on any atom is 0.331 e. The fourth-order valence-electron chi connectivity index (χ4n) is 3.03. The molecule has 0 aliphatic carbocycles. The molecule has 1 aliphatic rings. The van der Waals surface area contributed by atoms with Crippen LogP contribution < -0.4 is 14.8 Å². The Morgan fingerprint density at radius 1 is 1.14 bits per heavy atom. The van der Waals surface area contributed by atoms with E-state index in [1.807, 2.05) is 36.4 Å². The first-order chi connectivity index (χ1) is 14.1. The van der Waals surface area contributed by atoms with Crippen LogP contribution in [0.2, 0.25) is 0 Å². The molecule has 2 unspecified atom stereocenters. The van der Waals surface area contributed by atoms with Crippen LogP contribution in [0.5, 0.6) is 11.5 Å². The molecular weight excluding hydrogens is 370 g/mol. The fraction of sp³-hybridized carbons (Fsp3) is 0.304. The standard InChI is InChI=1S/C23H25NO5/c1-3-7-19(18-8-5-4-6-9-18)24-23(26)16(2)29-22(25)13-11-17-10-12-20-21(14-17)28-15-27-20/h4-6,8-14,16,19H,3,7,15H2,1-2H3,(H,24,26)/b13-11+. The van der Waals surface area contributed by atoms with E-state index < -0.39 is 12.1 Å². The second-order valence-electron chi connectivity index (χ2n) is 6.79. The van der Waals surface area contributed by atoms with Gasteiger partial charge in [0.2, 0.25) is 6.79 Å². The van der Waals surface area contributed by atoms with E-state index in [-0.39, 0.29) is 18.7 Å². The van der Waals surface area contributed by atoms with Crippen LogP contribution in [0.25, 0.3) is 6.08 Å². The molecule has 1 N–H and O–H groups in total. The molecule has 6 nitrogen and oxygen atoms in total. The first kappa shape index (κ1) is 20.5. The molecular formula is C23H25NO5. The number of amides is 1. The molecule has 0 saturated heterocycles. The summed E-state index contributed by atoms with van der Waals surface area (Å²) in [7, 11) is 0. The van der Waals surface area contributed by atoms with Crippen molar-refractivity contribution in [2.45, 2.75) is 38.8 Å². The van der Waals surface area contributed by atoms with Gasteiger partial charge in [0, 0.05) is 6.08 Å². The van der Waals surface area contributed by atoms with Crippen LogP contribution in [-0.2, 0) is 14.3 Å². The summed E-state index contributed by atoms with van der Waals surface area (Å²) in [5, 5.41) is 2.97. The molecule has 2 atom stereocenters. The first-order valence-corrected chi connectivity index (χ1v) is 9.70. The van der Waals surface area contributed by atoms with Crippen molar-refractivity contribution in [1.29, 1.82) is 0 Å². The highest BCUT2D eigenvalue weighted by atomic mass is 16.7. The molecule has 152 valence electrons. The monoisotopic (exact) mass is 395 g/mol. The minimum atomic E-state index is -0.896. The molecule has 1 aliphatic heterocycles. The van der Waals surface area contributed by atoms with Crippen LogP contribution in [0.1, 0.15) is 43.9 Å². The lowest BCUT2D eigenvalue weighted by Crippen LogP contribution is -2.38. The predicted octanol–water partition coefficient (Wildman–Crippen LogP) is 4.02. The third kappa shape index (κ3) is 5.60. The van der Waals surface area contributed by atoms with Crippen LogP contribution in [0, 0.1) is 0 Å². The van der Waals surface area contributed by atoms with Crippen molar-refractivity contribution < 1.29 is 23.8 Å². The van der Waals surface area contributed by atoms with Crippen molar-refractivity contribution in [3.63, 3.8) is 0 Å². The van der Waals surface area contributed by atoms with Gasteiger partial charge in [0.15, 0.2) is 17.6 Å². The van der Waals surface area contributed by atoms with Crippen LogP contribution in [0.4, 0.5) is 0 Å². The summed E-state index contributed by atoms with van der Waals surface area (Å²) in [6, 6.07) is 15.0. The number of hydrogen-bond donors (Lipinski definition) is 1. The molecule has 3 rings (SSSR count). The molecule has 29 heavy (non-hydrogen) atoms. The lowest BCUT2D eigenvalue weighted by Gasteiger charge is -2.21. The van der Waals surface area contributed by atoms with Crippen LogP contribution in [0.15, 0.2) is 54.6 Å². The Kier molecular flexibility index (Phi) is 6.89. The molecule has 0 radical (unpaired) electrons. The van der Waals surface area contributed by atoms with Gasteiger partial charge in [-0.1, -0.05) is 49.7 Å². The molecule has 0 aromatic heterocycles. The Labute approximate surface area is 170 Å². The summed E-state index contributed by atoms with van der Waals surface area (Å²) in [5.41, 5.74) is 1.80. The summed E-state index contributed by atoms with van der Waals surface area (Å²) in [5.74, 6) is 0.403. The van der Waals surface area contributed by atoms with Crippen molar-refractivity contribution >= 4 is 18.0 Å². The van der Waals surface area contributed by atoms with E-state index in [9.17, 15) is 9.59 Å². The summed E-state index contributed by atoms with van der Waals surface area (Å²) < 4.78 is 15.8. The maximum absolute atomic E-state index is 12.5. The Morgan fingerprint density at radius 3 is 2.66 bits per heavy atom. The van der Waals surface area contributed by atoms with Crippen LogP contribution >= 0.6 is 0 Å². The Hall–Kier alpha value is -3.28. The van der Waals surface area contributed by atoms with Crippen molar-refractivity contribution in [1.82, 2.24) is 5.32 Å². The van der Waals surface area contributed by atoms with Gasteiger partial charge in [-0.2, -0.15) is 0 Å². The van der Waals surface area contributed by atoms with Crippen molar-refractivity contribution in [3.8, 4) is 11.5 Å². The normalized spacial score (nSPS) is 14.4. The summed E-state index contributed by atoms with van der Waals surface area (Å²) in [6.45, 7) is 3.82. The molecule has 2 aromatic rings. The van der Waals surface area contributed by atoms with E-state index >= 15 is 0 Å². The number of hydrogen-bond acceptors (Lipinski definition) is 5. The Morgan fingerprint density at radius 2 is 1.90 bits per heavy atom. The van der Waals surface area contributed by atoms with Crippen molar-refractivity contribution in [2.24, 2.45) is 0 Å². The highest BCUT2D eigenvalue weighted by Crippen LogP contribution is 2.32. The zero-order valence-electron chi connectivity index (χ0n) is 16.6. The second-order valence-corrected chi connectivity index (χ2v) is 6.79. The topological polar surface area (TPSA) is 73.9 Å². The number of esters is 1. The molecule has 1 heterocycles. The molecule has 0 bridgehead atoms. The largest absolute Gasteiger partial charge is 0.454 e. The predicted molar refractivity (Wildman–Crippen MR) is 109 cm³/mol. The van der Waals surface area contributed by atoms with Gasteiger partial charge in [-0.05, 0) is 42.7 Å². The minimum Gasteiger partial charge on any atom is -0.454 e. The quantitative estimate of drug-likeness (QED) is 0.540. The molecule has 6 heteroatoms. The van der Waals surface area contributed by atoms with Gasteiger partial charge in [0.1, 0.15) is 0 Å². The van der Waals surface area contributed by atoms with E-state index in [1.165, 1.54) is 6.08 Å². The summed E-state index contributed by atoms with van der Waals surface area (Å²) in [6.07, 6.45) is 3.74. The van der Waals surface area contributed by atoms with Gasteiger partial charge in [-0.3, -0.25) is 4.79 Å². The average Bonchev–Trinajstić information content (AvgIpc) is 3.20. The van der Waals surface area contributed by atoms with E-state index in [2.05, 4.69) is 12.2 Å². The number of benzene rings is 2. The third-order valence-corrected chi connectivity index (χ3v) is 4.57. The fourth-order valence-corrected chi connectivity index (χ4v) is 3.03. The van der Waals surface area contributed by atoms with Crippen molar-refractivity contribution in [3.05, 3.63) is 65.7 Å². The van der Waals surface area contributed by atoms with Gasteiger partial charge in [-0.15, -0.1) is 0 Å². The lowest BCUT2D eigenvalue weighted by molar-refractivity contribution is -0.150. The van der Waals surface area contributed by atoms with Gasteiger partial charge in [-0.25, -0.2) is 4.79 Å². The first-order valence-electron chi connectivity index (χ1n) is 9.70. The number of ether oxygens (including phenoxy) is 3. The smallest absolute Gasteiger partial charge is 0.331 e. The van der Waals surface area contributed by atoms with Gasteiger partial charge in [0.05, 0.1) is 6.04 Å². The summed E-state index contributed by atoms with van der Waals surface area (Å²) in [4.78, 5) is 24.6. The highest BCUT2D eigenvalue weighted by Gasteiger charge is 2.21. The number of carbonyl (C=O) groups is 2. The number of nitrogens with one attached hydrogen (secondary N) is 1. The van der Waals surface area contributed by atoms with Crippen LogP contribution in [-0.4, -0.2) is 24.8 Å². The Bertz CT molecular complexity index is 878. The number of fused-ring (bicyclic) bond motifs is 1. The van der Waals surface area contributed by atoms with Gasteiger partial charge in [0.25, 0.3) is 5.91 Å². The number of rotatable bonds is 8. The average molecular weight is 395 g/mol. The van der Waals surface area contributed by atoms with Crippen molar-refractivity contribution in [2.75, 3.05) is 6.79 Å².